The molecule has 2 N–H and O–H groups in total. The van der Waals surface area contributed by atoms with Crippen LogP contribution >= 0.6 is 0 Å². The molecule has 2 aliphatic rings. The number of hydrogen-bond acceptors (Lipinski definition) is 3. The predicted molar refractivity (Wildman–Crippen MR) is 114 cm³/mol. The highest BCUT2D eigenvalue weighted by molar-refractivity contribution is 5.89. The quantitative estimate of drug-likeness (QED) is 0.768. The molecule has 2 amide bonds. The Morgan fingerprint density at radius 2 is 1.77 bits per heavy atom. The van der Waals surface area contributed by atoms with Gasteiger partial charge in [0.05, 0.1) is 5.60 Å². The van der Waals surface area contributed by atoms with Gasteiger partial charge in [0.2, 0.25) is 11.8 Å². The number of piperidine rings is 1. The third-order valence-corrected chi connectivity index (χ3v) is 7.04. The molecule has 166 valence electrons. The molecule has 1 saturated carbocycles. The molecule has 2 atom stereocenters. The van der Waals surface area contributed by atoms with Gasteiger partial charge in [0, 0.05) is 24.4 Å². The first-order chi connectivity index (χ1) is 14.0. The molecule has 3 rings (SSSR count). The van der Waals surface area contributed by atoms with Crippen LogP contribution in [-0.4, -0.2) is 41.0 Å². The lowest BCUT2D eigenvalue weighted by Gasteiger charge is -2.51. The molecule has 5 nitrogen and oxygen atoms in total. The van der Waals surface area contributed by atoms with Gasteiger partial charge in [0.1, 0.15) is 11.9 Å². The number of aliphatic hydroxyl groups is 1. The zero-order chi connectivity index (χ0) is 22.1. The maximum Gasteiger partial charge on any atom is 0.245 e. The number of nitrogens with zero attached hydrogens (tertiary/aromatic N) is 1. The Balaban J connectivity index is 1.73. The molecule has 2 fully saturated rings. The van der Waals surface area contributed by atoms with Gasteiger partial charge in [-0.3, -0.25) is 9.59 Å². The fraction of sp³-hybridized carbons (Fsp3) is 0.667. The fourth-order valence-corrected chi connectivity index (χ4v) is 4.94. The normalized spacial score (nSPS) is 25.4. The first-order valence-electron chi connectivity index (χ1n) is 11.1. The van der Waals surface area contributed by atoms with Crippen molar-refractivity contribution in [2.45, 2.75) is 71.4 Å². The maximum absolute atomic E-state index is 13.4. The van der Waals surface area contributed by atoms with Crippen LogP contribution in [0.3, 0.4) is 0 Å². The van der Waals surface area contributed by atoms with Gasteiger partial charge in [0.25, 0.3) is 0 Å². The molecule has 1 aromatic carbocycles. The van der Waals surface area contributed by atoms with Crippen LogP contribution in [0.25, 0.3) is 0 Å². The van der Waals surface area contributed by atoms with Crippen LogP contribution in [0.1, 0.15) is 65.4 Å². The number of rotatable bonds is 5. The van der Waals surface area contributed by atoms with Gasteiger partial charge in [-0.1, -0.05) is 52.7 Å². The molecule has 6 heteroatoms. The van der Waals surface area contributed by atoms with E-state index in [1.165, 1.54) is 12.1 Å². The van der Waals surface area contributed by atoms with Gasteiger partial charge >= 0.3 is 0 Å². The molecule has 0 aromatic heterocycles. The number of carbonyl (C=O) groups is 2. The SMILES string of the molecule is CC(C)C(NC(=O)C1CCCC1)C(=O)N1CCC(O)(c2ccc(F)cc2)C(C)(C)C1. The van der Waals surface area contributed by atoms with Gasteiger partial charge < -0.3 is 15.3 Å². The van der Waals surface area contributed by atoms with Gasteiger partial charge in [-0.05, 0) is 42.9 Å². The summed E-state index contributed by atoms with van der Waals surface area (Å²) in [6.45, 7) is 8.50. The molecule has 1 aromatic rings. The van der Waals surface area contributed by atoms with Crippen molar-refractivity contribution in [3.8, 4) is 0 Å². The summed E-state index contributed by atoms with van der Waals surface area (Å²) < 4.78 is 13.4. The monoisotopic (exact) mass is 418 g/mol. The zero-order valence-electron chi connectivity index (χ0n) is 18.6. The van der Waals surface area contributed by atoms with E-state index in [4.69, 9.17) is 0 Å². The average molecular weight is 419 g/mol. The van der Waals surface area contributed by atoms with Crippen LogP contribution in [0.5, 0.6) is 0 Å². The minimum atomic E-state index is -1.15. The number of amides is 2. The maximum atomic E-state index is 13.4. The molecule has 0 bridgehead atoms. The van der Waals surface area contributed by atoms with E-state index in [-0.39, 0.29) is 29.5 Å². The number of carbonyl (C=O) groups excluding carboxylic acids is 2. The number of benzene rings is 1. The Morgan fingerprint density at radius 1 is 1.17 bits per heavy atom. The topological polar surface area (TPSA) is 69.6 Å². The van der Waals surface area contributed by atoms with E-state index in [0.29, 0.717) is 25.1 Å². The Labute approximate surface area is 179 Å². The van der Waals surface area contributed by atoms with Crippen molar-refractivity contribution < 1.29 is 19.1 Å². The summed E-state index contributed by atoms with van der Waals surface area (Å²) in [5.74, 6) is -0.459. The van der Waals surface area contributed by atoms with E-state index in [1.807, 2.05) is 27.7 Å². The Morgan fingerprint density at radius 3 is 2.30 bits per heavy atom. The van der Waals surface area contributed by atoms with E-state index in [9.17, 15) is 19.1 Å². The highest BCUT2D eigenvalue weighted by Crippen LogP contribution is 2.46. The van der Waals surface area contributed by atoms with Gasteiger partial charge in [0.15, 0.2) is 0 Å². The molecule has 0 radical (unpaired) electrons. The lowest BCUT2D eigenvalue weighted by Crippen LogP contribution is -2.60. The van der Waals surface area contributed by atoms with Crippen LogP contribution in [-0.2, 0) is 15.2 Å². The molecule has 1 heterocycles. The second kappa shape index (κ2) is 8.66. The second-order valence-electron chi connectivity index (χ2n) is 9.97. The average Bonchev–Trinajstić information content (AvgIpc) is 3.22. The lowest BCUT2D eigenvalue weighted by atomic mass is 9.66. The molecular formula is C24H35FN2O3. The summed E-state index contributed by atoms with van der Waals surface area (Å²) in [7, 11) is 0. The second-order valence-corrected chi connectivity index (χ2v) is 9.97. The van der Waals surface area contributed by atoms with Crippen LogP contribution in [0.15, 0.2) is 24.3 Å². The van der Waals surface area contributed by atoms with Crippen LogP contribution < -0.4 is 5.32 Å². The lowest BCUT2D eigenvalue weighted by molar-refractivity contribution is -0.157. The number of halogens is 1. The summed E-state index contributed by atoms with van der Waals surface area (Å²) in [5.41, 5.74) is -1.12. The number of likely N-dealkylation sites (tertiary alicyclic amines) is 1. The van der Waals surface area contributed by atoms with Crippen LogP contribution in [0.4, 0.5) is 4.39 Å². The zero-order valence-corrected chi connectivity index (χ0v) is 18.6. The van der Waals surface area contributed by atoms with Crippen molar-refractivity contribution in [1.82, 2.24) is 10.2 Å². The van der Waals surface area contributed by atoms with Crippen LogP contribution in [0.2, 0.25) is 0 Å². The summed E-state index contributed by atoms with van der Waals surface area (Å²) in [6, 6.07) is 5.38. The van der Waals surface area contributed by atoms with Crippen LogP contribution in [0, 0.1) is 23.1 Å². The minimum Gasteiger partial charge on any atom is -0.384 e. The summed E-state index contributed by atoms with van der Waals surface area (Å²) in [6.07, 6.45) is 4.29. The first-order valence-corrected chi connectivity index (χ1v) is 11.1. The van der Waals surface area contributed by atoms with Crippen molar-refractivity contribution in [3.63, 3.8) is 0 Å². The summed E-state index contributed by atoms with van der Waals surface area (Å²) in [5, 5.41) is 14.5. The van der Waals surface area contributed by atoms with E-state index < -0.39 is 17.1 Å². The van der Waals surface area contributed by atoms with Crippen molar-refractivity contribution in [1.29, 1.82) is 0 Å². The standard InChI is InChI=1S/C24H35FN2O3/c1-16(2)20(26-21(28)17-7-5-6-8-17)22(29)27-14-13-24(30,23(3,4)15-27)18-9-11-19(25)12-10-18/h9-12,16-17,20,30H,5-8,13-15H2,1-4H3,(H,26,28). The van der Waals surface area contributed by atoms with E-state index in [1.54, 1.807) is 17.0 Å². The van der Waals surface area contributed by atoms with Gasteiger partial charge in [-0.25, -0.2) is 4.39 Å². The van der Waals surface area contributed by atoms with E-state index >= 15 is 0 Å². The molecule has 1 aliphatic carbocycles. The Hall–Kier alpha value is -1.95. The molecule has 30 heavy (non-hydrogen) atoms. The third-order valence-electron chi connectivity index (χ3n) is 7.04. The number of nitrogens with one attached hydrogen (secondary N) is 1. The highest BCUT2D eigenvalue weighted by atomic mass is 19.1. The largest absolute Gasteiger partial charge is 0.384 e. The van der Waals surface area contributed by atoms with Crippen molar-refractivity contribution in [3.05, 3.63) is 35.6 Å². The van der Waals surface area contributed by atoms with Crippen molar-refractivity contribution >= 4 is 11.8 Å². The highest BCUT2D eigenvalue weighted by Gasteiger charge is 2.50. The third kappa shape index (κ3) is 4.39. The smallest absolute Gasteiger partial charge is 0.245 e. The van der Waals surface area contributed by atoms with E-state index in [2.05, 4.69) is 5.32 Å². The molecule has 2 unspecified atom stereocenters. The molecule has 0 spiro atoms. The Kier molecular flexibility index (Phi) is 6.56. The summed E-state index contributed by atoms with van der Waals surface area (Å²) in [4.78, 5) is 27.7. The number of hydrogen-bond donors (Lipinski definition) is 2. The van der Waals surface area contributed by atoms with Gasteiger partial charge in [-0.15, -0.1) is 0 Å². The molecule has 1 saturated heterocycles. The van der Waals surface area contributed by atoms with Crippen molar-refractivity contribution in [2.75, 3.05) is 13.1 Å². The van der Waals surface area contributed by atoms with E-state index in [0.717, 1.165) is 25.7 Å². The fourth-order valence-electron chi connectivity index (χ4n) is 4.94. The molecular weight excluding hydrogens is 383 g/mol. The first kappa shape index (κ1) is 22.7. The van der Waals surface area contributed by atoms with Crippen molar-refractivity contribution in [2.24, 2.45) is 17.3 Å². The minimum absolute atomic E-state index is 0.0143. The Bertz CT molecular complexity index is 771. The van der Waals surface area contributed by atoms with Gasteiger partial charge in [-0.2, -0.15) is 0 Å². The summed E-state index contributed by atoms with van der Waals surface area (Å²) >= 11 is 0. The predicted octanol–water partition coefficient (Wildman–Crippen LogP) is 3.60. The molecule has 1 aliphatic heterocycles.